The first-order chi connectivity index (χ1) is 29.0. The molecule has 0 radical (unpaired) electrons. The molecule has 2 heteroatoms. The van der Waals surface area contributed by atoms with Crippen molar-refractivity contribution in [2.45, 2.75) is 19.3 Å². The number of anilines is 6. The minimum atomic E-state index is -0.140. The van der Waals surface area contributed by atoms with Crippen LogP contribution in [0.3, 0.4) is 0 Å². The average molecular weight is 759 g/mol. The molecular weight excluding hydrogens is 713 g/mol. The van der Waals surface area contributed by atoms with E-state index < -0.39 is 0 Å². The van der Waals surface area contributed by atoms with Crippen LogP contribution in [-0.2, 0) is 5.41 Å². The van der Waals surface area contributed by atoms with E-state index >= 15 is 0 Å². The Bertz CT molecular complexity index is 2580. The molecule has 0 saturated heterocycles. The molecule has 59 heavy (non-hydrogen) atoms. The highest BCUT2D eigenvalue weighted by Gasteiger charge is 2.24. The summed E-state index contributed by atoms with van der Waals surface area (Å²) in [4.78, 5) is 4.74. The standard InChI is InChI=1S/C57H46N2/c1-57(2,49-22-12-5-13-23-49)50-34-28-47(29-35-50)48-40-55(58(51-24-14-6-15-25-51)53-36-30-45(31-37-53)43-18-8-3-9-19-43)42-56(41-48)59(52-26-16-7-17-27-52)54-38-32-46(33-39-54)44-20-10-4-11-21-44/h3-42H,1-2H3. The highest BCUT2D eigenvalue weighted by molar-refractivity contribution is 5.88. The van der Waals surface area contributed by atoms with Crippen molar-refractivity contribution in [3.8, 4) is 33.4 Å². The van der Waals surface area contributed by atoms with Crippen LogP contribution in [0.1, 0.15) is 25.0 Å². The van der Waals surface area contributed by atoms with Gasteiger partial charge in [-0.25, -0.2) is 0 Å². The summed E-state index contributed by atoms with van der Waals surface area (Å²) in [6.45, 7) is 4.61. The molecule has 0 spiro atoms. The van der Waals surface area contributed by atoms with Gasteiger partial charge in [0.1, 0.15) is 0 Å². The smallest absolute Gasteiger partial charge is 0.0488 e. The monoisotopic (exact) mass is 758 g/mol. The van der Waals surface area contributed by atoms with Crippen molar-refractivity contribution in [1.82, 2.24) is 0 Å². The highest BCUT2D eigenvalue weighted by atomic mass is 15.2. The van der Waals surface area contributed by atoms with Crippen LogP contribution < -0.4 is 9.80 Å². The number of hydrogen-bond donors (Lipinski definition) is 0. The number of hydrogen-bond acceptors (Lipinski definition) is 2. The van der Waals surface area contributed by atoms with E-state index in [0.717, 1.165) is 45.3 Å². The molecule has 9 aromatic rings. The fourth-order valence-electron chi connectivity index (χ4n) is 8.04. The Hall–Kier alpha value is -7.42. The van der Waals surface area contributed by atoms with E-state index in [1.54, 1.807) is 0 Å². The van der Waals surface area contributed by atoms with Crippen LogP contribution in [0, 0.1) is 0 Å². The average Bonchev–Trinajstić information content (AvgIpc) is 3.31. The summed E-state index contributed by atoms with van der Waals surface area (Å²) in [5.74, 6) is 0. The van der Waals surface area contributed by atoms with E-state index in [4.69, 9.17) is 0 Å². The second-order valence-electron chi connectivity index (χ2n) is 15.5. The van der Waals surface area contributed by atoms with Crippen molar-refractivity contribution < 1.29 is 0 Å². The first kappa shape index (κ1) is 37.2. The summed E-state index contributed by atoms with van der Waals surface area (Å²) in [5.41, 5.74) is 15.9. The van der Waals surface area contributed by atoms with E-state index in [-0.39, 0.29) is 5.41 Å². The van der Waals surface area contributed by atoms with E-state index in [2.05, 4.69) is 266 Å². The molecule has 0 atom stereocenters. The fourth-order valence-corrected chi connectivity index (χ4v) is 8.04. The summed E-state index contributed by atoms with van der Waals surface area (Å²) < 4.78 is 0. The van der Waals surface area contributed by atoms with Gasteiger partial charge in [0.05, 0.1) is 0 Å². The van der Waals surface area contributed by atoms with E-state index in [1.165, 1.54) is 33.4 Å². The lowest BCUT2D eigenvalue weighted by molar-refractivity contribution is 0.641. The zero-order valence-corrected chi connectivity index (χ0v) is 33.5. The Kier molecular flexibility index (Phi) is 10.5. The Labute approximate surface area is 349 Å². The molecule has 0 aliphatic rings. The van der Waals surface area contributed by atoms with Gasteiger partial charge >= 0.3 is 0 Å². The Balaban J connectivity index is 1.21. The van der Waals surface area contributed by atoms with Crippen LogP contribution >= 0.6 is 0 Å². The number of benzene rings is 9. The SMILES string of the molecule is CC(C)(c1ccccc1)c1ccc(-c2cc(N(c3ccccc3)c3ccc(-c4ccccc4)cc3)cc(N(c3ccccc3)c3ccc(-c4ccccc4)cc3)c2)cc1. The summed E-state index contributed by atoms with van der Waals surface area (Å²) in [6.07, 6.45) is 0. The molecule has 284 valence electrons. The molecule has 0 aliphatic carbocycles. The molecule has 2 nitrogen and oxygen atoms in total. The molecule has 0 aromatic heterocycles. The van der Waals surface area contributed by atoms with Crippen LogP contribution in [0.25, 0.3) is 33.4 Å². The van der Waals surface area contributed by atoms with Crippen LogP contribution in [0.15, 0.2) is 243 Å². The molecule has 0 unspecified atom stereocenters. The predicted octanol–water partition coefficient (Wildman–Crippen LogP) is 16.0. The van der Waals surface area contributed by atoms with Crippen molar-refractivity contribution in [2.75, 3.05) is 9.80 Å². The summed E-state index contributed by atoms with van der Waals surface area (Å²) in [5, 5.41) is 0. The maximum atomic E-state index is 2.37. The first-order valence-electron chi connectivity index (χ1n) is 20.3. The third kappa shape index (κ3) is 7.94. The Morgan fingerprint density at radius 3 is 0.932 bits per heavy atom. The van der Waals surface area contributed by atoms with Crippen molar-refractivity contribution in [2.24, 2.45) is 0 Å². The third-order valence-electron chi connectivity index (χ3n) is 11.3. The van der Waals surface area contributed by atoms with Crippen molar-refractivity contribution in [3.63, 3.8) is 0 Å². The third-order valence-corrected chi connectivity index (χ3v) is 11.3. The number of para-hydroxylation sites is 2. The molecule has 0 saturated carbocycles. The van der Waals surface area contributed by atoms with Crippen LogP contribution in [0.4, 0.5) is 34.1 Å². The van der Waals surface area contributed by atoms with Crippen molar-refractivity contribution in [1.29, 1.82) is 0 Å². The van der Waals surface area contributed by atoms with E-state index in [1.807, 2.05) is 0 Å². The van der Waals surface area contributed by atoms with Gasteiger partial charge in [-0.15, -0.1) is 0 Å². The van der Waals surface area contributed by atoms with Crippen molar-refractivity contribution in [3.05, 3.63) is 254 Å². The maximum absolute atomic E-state index is 2.37. The van der Waals surface area contributed by atoms with Gasteiger partial charge in [0, 0.05) is 39.5 Å². The predicted molar refractivity (Wildman–Crippen MR) is 251 cm³/mol. The molecule has 9 rings (SSSR count). The zero-order valence-electron chi connectivity index (χ0n) is 33.5. The van der Waals surface area contributed by atoms with Crippen LogP contribution in [-0.4, -0.2) is 0 Å². The summed E-state index contributed by atoms with van der Waals surface area (Å²) in [7, 11) is 0. The van der Waals surface area contributed by atoms with E-state index in [9.17, 15) is 0 Å². The number of nitrogens with zero attached hydrogens (tertiary/aromatic N) is 2. The van der Waals surface area contributed by atoms with Crippen LogP contribution in [0.2, 0.25) is 0 Å². The minimum Gasteiger partial charge on any atom is -0.310 e. The largest absolute Gasteiger partial charge is 0.310 e. The Morgan fingerprint density at radius 1 is 0.237 bits per heavy atom. The first-order valence-corrected chi connectivity index (χ1v) is 20.3. The molecule has 0 fully saturated rings. The lowest BCUT2D eigenvalue weighted by Crippen LogP contribution is -2.18. The lowest BCUT2D eigenvalue weighted by atomic mass is 9.78. The normalized spacial score (nSPS) is 11.2. The number of rotatable bonds is 11. The second-order valence-corrected chi connectivity index (χ2v) is 15.5. The minimum absolute atomic E-state index is 0.140. The zero-order chi connectivity index (χ0) is 40.0. The molecule has 0 aliphatic heterocycles. The molecule has 0 amide bonds. The van der Waals surface area contributed by atoms with Crippen molar-refractivity contribution >= 4 is 34.1 Å². The quantitative estimate of drug-likeness (QED) is 0.130. The Morgan fingerprint density at radius 2 is 0.525 bits per heavy atom. The fraction of sp³-hybridized carbons (Fsp3) is 0.0526. The van der Waals surface area contributed by atoms with Gasteiger partial charge in [0.25, 0.3) is 0 Å². The molecule has 0 bridgehead atoms. The topological polar surface area (TPSA) is 6.48 Å². The second kappa shape index (κ2) is 16.6. The van der Waals surface area contributed by atoms with Gasteiger partial charge in [-0.1, -0.05) is 190 Å². The van der Waals surface area contributed by atoms with Gasteiger partial charge in [-0.2, -0.15) is 0 Å². The molecule has 0 heterocycles. The van der Waals surface area contributed by atoms with Crippen LogP contribution in [0.5, 0.6) is 0 Å². The summed E-state index contributed by atoms with van der Waals surface area (Å²) >= 11 is 0. The van der Waals surface area contributed by atoms with Gasteiger partial charge in [-0.05, 0) is 111 Å². The molecular formula is C57H46N2. The van der Waals surface area contributed by atoms with Gasteiger partial charge in [0.2, 0.25) is 0 Å². The van der Waals surface area contributed by atoms with Gasteiger partial charge in [-0.3, -0.25) is 0 Å². The molecule has 0 N–H and O–H groups in total. The van der Waals surface area contributed by atoms with Gasteiger partial charge in [0.15, 0.2) is 0 Å². The summed E-state index contributed by atoms with van der Waals surface area (Å²) in [6, 6.07) is 87.3. The lowest BCUT2D eigenvalue weighted by Gasteiger charge is -2.30. The maximum Gasteiger partial charge on any atom is 0.0488 e. The highest BCUT2D eigenvalue weighted by Crippen LogP contribution is 2.44. The van der Waals surface area contributed by atoms with E-state index in [0.29, 0.717) is 0 Å². The van der Waals surface area contributed by atoms with Gasteiger partial charge < -0.3 is 9.80 Å². The molecule has 9 aromatic carbocycles.